The van der Waals surface area contributed by atoms with Crippen molar-refractivity contribution in [3.8, 4) is 0 Å². The van der Waals surface area contributed by atoms with Crippen LogP contribution in [0, 0.1) is 0 Å². The van der Waals surface area contributed by atoms with Gasteiger partial charge in [-0.15, -0.1) is 0 Å². The fourth-order valence-corrected chi connectivity index (χ4v) is 9.14. The highest BCUT2D eigenvalue weighted by Crippen LogP contribution is 2.28. The number of aliphatic carboxylic acids is 2. The van der Waals surface area contributed by atoms with Crippen molar-refractivity contribution in [3.05, 3.63) is 120 Å². The predicted molar refractivity (Wildman–Crippen MR) is 232 cm³/mol. The summed E-state index contributed by atoms with van der Waals surface area (Å²) in [6, 6.07) is 21.2. The molecule has 0 bridgehead atoms. The molecule has 4 heterocycles. The lowest BCUT2D eigenvalue weighted by molar-refractivity contribution is -0.684. The van der Waals surface area contributed by atoms with Gasteiger partial charge in [0, 0.05) is 86.0 Å². The van der Waals surface area contributed by atoms with Crippen molar-refractivity contribution in [2.75, 3.05) is 40.9 Å². The number of pyridine rings is 2. The summed E-state index contributed by atoms with van der Waals surface area (Å²) in [5, 5.41) is 43.7. The Labute approximate surface area is 357 Å². The van der Waals surface area contributed by atoms with E-state index in [0.29, 0.717) is 26.1 Å². The lowest BCUT2D eigenvalue weighted by atomic mass is 10.1. The van der Waals surface area contributed by atoms with Gasteiger partial charge in [-0.25, -0.2) is 4.79 Å². The molecule has 0 radical (unpaired) electrons. The average molecular weight is 853 g/mol. The number of hydrogen-bond donors (Lipinski definition) is 4. The normalized spacial score (nSPS) is 19.0. The highest BCUT2D eigenvalue weighted by molar-refractivity contribution is 8.76. The van der Waals surface area contributed by atoms with Crippen LogP contribution in [0.15, 0.2) is 97.6 Å². The number of aromatic nitrogens is 2. The number of carbonyl (C=O) groups is 4. The van der Waals surface area contributed by atoms with Crippen LogP contribution in [0.5, 0.6) is 0 Å². The van der Waals surface area contributed by atoms with Gasteiger partial charge in [0.2, 0.25) is 13.1 Å². The number of carbonyl (C=O) groups excluding carboxylic acids is 3. The molecule has 314 valence electrons. The number of aliphatic hydroxyl groups is 2. The Morgan fingerprint density at radius 1 is 0.667 bits per heavy atom. The summed E-state index contributed by atoms with van der Waals surface area (Å²) in [7, 11) is 3.38. The zero-order valence-corrected chi connectivity index (χ0v) is 34.8. The van der Waals surface area contributed by atoms with Gasteiger partial charge in [-0.05, 0) is 52.9 Å². The lowest BCUT2D eigenvalue weighted by Gasteiger charge is -2.27. The van der Waals surface area contributed by atoms with Gasteiger partial charge < -0.3 is 40.3 Å². The molecule has 2 aromatic heterocycles. The highest BCUT2D eigenvalue weighted by Gasteiger charge is 2.36. The maximum absolute atomic E-state index is 12.6. The van der Waals surface area contributed by atoms with Crippen LogP contribution in [0.25, 0.3) is 24.3 Å². The minimum atomic E-state index is -1.19. The van der Waals surface area contributed by atoms with Crippen LogP contribution in [-0.4, -0.2) is 94.4 Å². The minimum Gasteiger partial charge on any atom is -0.548 e. The van der Waals surface area contributed by atoms with E-state index in [4.69, 9.17) is 0 Å². The molecule has 0 aliphatic carbocycles. The molecule has 0 spiro atoms. The first-order valence-corrected chi connectivity index (χ1v) is 22.4. The molecule has 13 nitrogen and oxygen atoms in total. The van der Waals surface area contributed by atoms with Crippen LogP contribution >= 0.6 is 21.6 Å². The molecule has 4 atom stereocenters. The second-order valence-electron chi connectivity index (χ2n) is 14.9. The molecule has 1 amide bonds. The van der Waals surface area contributed by atoms with Gasteiger partial charge in [0.1, 0.15) is 6.04 Å². The summed E-state index contributed by atoms with van der Waals surface area (Å²) in [4.78, 5) is 51.4. The molecule has 4 N–H and O–H groups in total. The number of hydrogen-bond acceptors (Lipinski definition) is 11. The summed E-state index contributed by atoms with van der Waals surface area (Å²) in [5.74, 6) is -0.424. The summed E-state index contributed by atoms with van der Waals surface area (Å²) < 4.78 is 3.69. The molecular weight excluding hydrogens is 803 g/mol. The molecule has 2 fully saturated rings. The maximum atomic E-state index is 12.6. The van der Waals surface area contributed by atoms with Crippen molar-refractivity contribution in [1.82, 2.24) is 5.32 Å². The number of Topliss-reactive ketones (excluding diaryl/α,β-unsaturated/α-hetero) is 1. The third kappa shape index (κ3) is 13.0. The molecule has 2 aliphatic heterocycles. The maximum Gasteiger partial charge on any atom is 0.326 e. The van der Waals surface area contributed by atoms with E-state index in [2.05, 4.69) is 5.32 Å². The van der Waals surface area contributed by atoms with Crippen LogP contribution in [0.2, 0.25) is 0 Å². The molecule has 4 unspecified atom stereocenters. The van der Waals surface area contributed by atoms with Crippen molar-refractivity contribution in [1.29, 1.82) is 0 Å². The van der Waals surface area contributed by atoms with Crippen molar-refractivity contribution in [3.63, 3.8) is 0 Å². The number of nitrogens with one attached hydrogen (secondary N) is 1. The first kappa shape index (κ1) is 44.1. The number of amides is 1. The van der Waals surface area contributed by atoms with Crippen LogP contribution in [0.4, 0.5) is 11.4 Å². The quantitative estimate of drug-likeness (QED) is 0.0582. The Balaban J connectivity index is 0.804. The van der Waals surface area contributed by atoms with E-state index in [1.54, 1.807) is 31.4 Å². The van der Waals surface area contributed by atoms with E-state index in [0.717, 1.165) is 51.6 Å². The third-order valence-electron chi connectivity index (χ3n) is 10.3. The fraction of sp³-hybridized carbons (Fsp3) is 0.333. The average Bonchev–Trinajstić information content (AvgIpc) is 3.84. The molecule has 60 heavy (non-hydrogen) atoms. The summed E-state index contributed by atoms with van der Waals surface area (Å²) in [6.07, 6.45) is 15.7. The Kier molecular flexibility index (Phi) is 15.9. The first-order chi connectivity index (χ1) is 29.0. The van der Waals surface area contributed by atoms with Crippen LogP contribution in [0.3, 0.4) is 0 Å². The summed E-state index contributed by atoms with van der Waals surface area (Å²) in [5.41, 5.74) is 5.34. The number of aliphatic hydroxyl groups excluding tert-OH is 2. The predicted octanol–water partition coefficient (Wildman–Crippen LogP) is 2.86. The van der Waals surface area contributed by atoms with Crippen molar-refractivity contribution in [2.45, 2.75) is 63.1 Å². The van der Waals surface area contributed by atoms with Gasteiger partial charge in [-0.2, -0.15) is 9.13 Å². The largest absolute Gasteiger partial charge is 0.548 e. The van der Waals surface area contributed by atoms with E-state index in [1.165, 1.54) is 0 Å². The van der Waals surface area contributed by atoms with Gasteiger partial charge in [0.05, 0.1) is 24.2 Å². The van der Waals surface area contributed by atoms with Gasteiger partial charge in [-0.3, -0.25) is 9.59 Å². The smallest absolute Gasteiger partial charge is 0.326 e. The highest BCUT2D eigenvalue weighted by atomic mass is 33.1. The second kappa shape index (κ2) is 21.7. The molecule has 4 aromatic rings. The van der Waals surface area contributed by atoms with E-state index >= 15 is 0 Å². The minimum absolute atomic E-state index is 0.0703. The molecule has 0 saturated carbocycles. The Morgan fingerprint density at radius 2 is 1.12 bits per heavy atom. The Hall–Kier alpha value is -5.48. The van der Waals surface area contributed by atoms with Gasteiger partial charge >= 0.3 is 5.97 Å². The standard InChI is InChI=1S/C45H49N5O8S2/c51-38(28-47-20-15-34(16-21-47)5-3-32-7-11-36(12-8-32)49-29-39(52)26-41(49)44(55)56)2-1-24-59-60-25-19-46-43(54)31-48-22-17-35(18-23-48)6-4-33-9-13-37(14-10-33)50-30-40(53)27-42(50)45(57)58/h3-18,20-23,39-42,52-53H,1-2,19,24-31H2,(H-2,46,54,55,56,57,58)/p+1. The number of β-amino-alcohol motifs (C(OH)–C–C–N with tert-alkyl or cyclic N) is 2. The Bertz CT molecular complexity index is 1980. The zero-order chi connectivity index (χ0) is 42.4. The SMILES string of the molecule is O=C(CCCSSCCNC(=O)C[n+]1ccc(/C=C/c2ccc(N3CC(O)CC3C(=O)O)cc2)cc1)C[n+]1ccc(/C=C/c2ccc(N3CC(O)CC3C(=O)[O-])cc2)cc1. The van der Waals surface area contributed by atoms with Crippen LogP contribution in [-0.2, 0) is 32.3 Å². The molecule has 6 rings (SSSR count). The van der Waals surface area contributed by atoms with Gasteiger partial charge in [0.15, 0.2) is 30.6 Å². The Morgan fingerprint density at radius 3 is 1.62 bits per heavy atom. The van der Waals surface area contributed by atoms with Crippen molar-refractivity contribution < 1.29 is 48.7 Å². The molecular formula is C45H50N5O8S2+. The monoisotopic (exact) mass is 852 g/mol. The first-order valence-electron chi connectivity index (χ1n) is 19.9. The number of nitrogens with zero attached hydrogens (tertiary/aromatic N) is 4. The molecule has 2 aromatic carbocycles. The zero-order valence-electron chi connectivity index (χ0n) is 33.1. The number of anilines is 2. The second-order valence-corrected chi connectivity index (χ2v) is 17.6. The lowest BCUT2D eigenvalue weighted by Crippen LogP contribution is -2.44. The molecule has 2 aliphatic rings. The summed E-state index contributed by atoms with van der Waals surface area (Å²) in [6.45, 7) is 1.63. The van der Waals surface area contributed by atoms with Gasteiger partial charge in [-0.1, -0.05) is 70.2 Å². The van der Waals surface area contributed by atoms with Crippen molar-refractivity contribution in [2.24, 2.45) is 0 Å². The third-order valence-corrected chi connectivity index (χ3v) is 12.8. The van der Waals surface area contributed by atoms with Crippen LogP contribution < -0.4 is 29.4 Å². The van der Waals surface area contributed by atoms with E-state index in [1.807, 2.05) is 131 Å². The number of rotatable bonds is 20. The number of ketones is 1. The van der Waals surface area contributed by atoms with E-state index in [-0.39, 0.29) is 37.6 Å². The summed E-state index contributed by atoms with van der Waals surface area (Å²) >= 11 is 0. The number of carboxylic acid groups (broad SMARTS) is 2. The number of benzene rings is 2. The van der Waals surface area contributed by atoms with E-state index < -0.39 is 36.2 Å². The molecule has 15 heteroatoms. The van der Waals surface area contributed by atoms with Crippen LogP contribution in [0.1, 0.15) is 47.9 Å². The topological polar surface area (TPSA) is 178 Å². The number of carboxylic acids is 2. The van der Waals surface area contributed by atoms with Gasteiger partial charge in [0.25, 0.3) is 5.91 Å². The fourth-order valence-electron chi connectivity index (χ4n) is 7.15. The van der Waals surface area contributed by atoms with Crippen molar-refractivity contribution >= 4 is 80.9 Å². The van der Waals surface area contributed by atoms with E-state index in [9.17, 15) is 39.6 Å². The molecule has 2 saturated heterocycles.